The van der Waals surface area contributed by atoms with Gasteiger partial charge in [0, 0.05) is 21.8 Å². The highest BCUT2D eigenvalue weighted by Gasteiger charge is 2.08. The van der Waals surface area contributed by atoms with Crippen molar-refractivity contribution in [3.05, 3.63) is 28.8 Å². The van der Waals surface area contributed by atoms with Crippen LogP contribution in [0.25, 0.3) is 0 Å². The average molecular weight is 231 g/mol. The van der Waals surface area contributed by atoms with Crippen molar-refractivity contribution in [3.63, 3.8) is 0 Å². The highest BCUT2D eigenvalue weighted by molar-refractivity contribution is 8.00. The van der Waals surface area contributed by atoms with Gasteiger partial charge in [0.05, 0.1) is 0 Å². The van der Waals surface area contributed by atoms with Crippen molar-refractivity contribution in [2.24, 2.45) is 0 Å². The predicted molar refractivity (Wildman–Crippen MR) is 63.2 cm³/mol. The highest BCUT2D eigenvalue weighted by Crippen LogP contribution is 2.31. The standard InChI is InChI=1S/C11H15ClOS/c1-8(2)14-11-5-3-4-10(12)9(11)6-7-13/h3-5,8,13H,6-7H2,1-2H3. The lowest BCUT2D eigenvalue weighted by molar-refractivity contribution is 0.299. The van der Waals surface area contributed by atoms with Crippen LogP contribution < -0.4 is 0 Å². The van der Waals surface area contributed by atoms with E-state index in [2.05, 4.69) is 19.9 Å². The van der Waals surface area contributed by atoms with Crippen molar-refractivity contribution in [2.45, 2.75) is 30.4 Å². The van der Waals surface area contributed by atoms with E-state index in [9.17, 15) is 0 Å². The molecule has 0 aliphatic carbocycles. The lowest BCUT2D eigenvalue weighted by Crippen LogP contribution is -1.96. The van der Waals surface area contributed by atoms with Crippen molar-refractivity contribution in [3.8, 4) is 0 Å². The number of rotatable bonds is 4. The minimum Gasteiger partial charge on any atom is -0.396 e. The molecule has 0 atom stereocenters. The zero-order chi connectivity index (χ0) is 10.6. The first kappa shape index (κ1) is 11.9. The van der Waals surface area contributed by atoms with Crippen LogP contribution in [0, 0.1) is 0 Å². The van der Waals surface area contributed by atoms with E-state index in [4.69, 9.17) is 16.7 Å². The molecule has 1 aromatic carbocycles. The summed E-state index contributed by atoms with van der Waals surface area (Å²) in [7, 11) is 0. The molecule has 0 fully saturated rings. The predicted octanol–water partition coefficient (Wildman–Crippen LogP) is 3.38. The Kier molecular flexibility index (Phi) is 4.79. The number of aliphatic hydroxyl groups is 1. The Bertz CT molecular complexity index is 299. The van der Waals surface area contributed by atoms with Crippen LogP contribution in [0.2, 0.25) is 5.02 Å². The summed E-state index contributed by atoms with van der Waals surface area (Å²) in [5.41, 5.74) is 1.07. The first-order chi connectivity index (χ1) is 6.65. The van der Waals surface area contributed by atoms with Crippen LogP contribution in [0.15, 0.2) is 23.1 Å². The van der Waals surface area contributed by atoms with Crippen molar-refractivity contribution < 1.29 is 5.11 Å². The molecule has 0 radical (unpaired) electrons. The first-order valence-electron chi connectivity index (χ1n) is 4.70. The molecule has 0 saturated carbocycles. The maximum atomic E-state index is 8.93. The van der Waals surface area contributed by atoms with Crippen LogP contribution in [0.4, 0.5) is 0 Å². The molecule has 0 spiro atoms. The quantitative estimate of drug-likeness (QED) is 0.801. The van der Waals surface area contributed by atoms with E-state index in [1.165, 1.54) is 4.90 Å². The molecule has 1 rings (SSSR count). The third-order valence-electron chi connectivity index (χ3n) is 1.80. The van der Waals surface area contributed by atoms with Crippen LogP contribution >= 0.6 is 23.4 Å². The van der Waals surface area contributed by atoms with Gasteiger partial charge >= 0.3 is 0 Å². The molecule has 1 aromatic rings. The molecule has 1 N–H and O–H groups in total. The fourth-order valence-corrected chi connectivity index (χ4v) is 2.60. The molecule has 0 saturated heterocycles. The Balaban J connectivity index is 2.95. The number of halogens is 1. The lowest BCUT2D eigenvalue weighted by atomic mass is 10.1. The molecule has 14 heavy (non-hydrogen) atoms. The Morgan fingerprint density at radius 2 is 2.14 bits per heavy atom. The molecular formula is C11H15ClOS. The van der Waals surface area contributed by atoms with E-state index in [1.807, 2.05) is 12.1 Å². The largest absolute Gasteiger partial charge is 0.396 e. The molecule has 0 bridgehead atoms. The molecule has 0 aromatic heterocycles. The minimum atomic E-state index is 0.148. The molecule has 1 nitrogen and oxygen atoms in total. The Labute approximate surface area is 94.5 Å². The van der Waals surface area contributed by atoms with Gasteiger partial charge in [-0.05, 0) is 24.1 Å². The second-order valence-corrected chi connectivity index (χ2v) is 5.38. The molecule has 0 heterocycles. The number of benzene rings is 1. The fourth-order valence-electron chi connectivity index (χ4n) is 1.26. The normalized spacial score (nSPS) is 10.9. The monoisotopic (exact) mass is 230 g/mol. The third-order valence-corrected chi connectivity index (χ3v) is 3.26. The van der Waals surface area contributed by atoms with Gasteiger partial charge in [0.15, 0.2) is 0 Å². The maximum Gasteiger partial charge on any atom is 0.0472 e. The summed E-state index contributed by atoms with van der Waals surface area (Å²) in [5.74, 6) is 0. The second-order valence-electron chi connectivity index (χ2n) is 3.36. The first-order valence-corrected chi connectivity index (χ1v) is 5.95. The molecule has 78 valence electrons. The topological polar surface area (TPSA) is 20.2 Å². The molecule has 0 amide bonds. The zero-order valence-corrected chi connectivity index (χ0v) is 10.0. The van der Waals surface area contributed by atoms with E-state index in [1.54, 1.807) is 11.8 Å². The molecule has 0 unspecified atom stereocenters. The van der Waals surface area contributed by atoms with Crippen molar-refractivity contribution in [1.82, 2.24) is 0 Å². The van der Waals surface area contributed by atoms with Crippen LogP contribution in [0.3, 0.4) is 0 Å². The van der Waals surface area contributed by atoms with Gasteiger partial charge < -0.3 is 5.11 Å². The third kappa shape index (κ3) is 3.19. The van der Waals surface area contributed by atoms with Crippen LogP contribution in [0.5, 0.6) is 0 Å². The summed E-state index contributed by atoms with van der Waals surface area (Å²) in [4.78, 5) is 1.18. The summed E-state index contributed by atoms with van der Waals surface area (Å²) in [6, 6.07) is 5.88. The van der Waals surface area contributed by atoms with Crippen molar-refractivity contribution in [2.75, 3.05) is 6.61 Å². The van der Waals surface area contributed by atoms with E-state index in [0.29, 0.717) is 11.7 Å². The molecule has 3 heteroatoms. The van der Waals surface area contributed by atoms with Gasteiger partial charge in [-0.25, -0.2) is 0 Å². The smallest absolute Gasteiger partial charge is 0.0472 e. The van der Waals surface area contributed by atoms with E-state index >= 15 is 0 Å². The SMILES string of the molecule is CC(C)Sc1cccc(Cl)c1CCO. The van der Waals surface area contributed by atoms with Gasteiger partial charge in [-0.2, -0.15) is 0 Å². The van der Waals surface area contributed by atoms with Gasteiger partial charge in [0.1, 0.15) is 0 Å². The Morgan fingerprint density at radius 3 is 2.71 bits per heavy atom. The summed E-state index contributed by atoms with van der Waals surface area (Å²) < 4.78 is 0. The van der Waals surface area contributed by atoms with Crippen LogP contribution in [-0.4, -0.2) is 17.0 Å². The van der Waals surface area contributed by atoms with E-state index in [-0.39, 0.29) is 6.61 Å². The maximum absolute atomic E-state index is 8.93. The molecular weight excluding hydrogens is 216 g/mol. The average Bonchev–Trinajstić information content (AvgIpc) is 2.10. The van der Waals surface area contributed by atoms with Gasteiger partial charge in [-0.3, -0.25) is 0 Å². The summed E-state index contributed by atoms with van der Waals surface area (Å²) in [5, 5.41) is 10.2. The number of aliphatic hydroxyl groups excluding tert-OH is 1. The Hall–Kier alpha value is -0.180. The van der Waals surface area contributed by atoms with Gasteiger partial charge in [-0.1, -0.05) is 31.5 Å². The van der Waals surface area contributed by atoms with Crippen molar-refractivity contribution in [1.29, 1.82) is 0 Å². The second kappa shape index (κ2) is 5.64. The number of thioether (sulfide) groups is 1. The Morgan fingerprint density at radius 1 is 1.43 bits per heavy atom. The summed E-state index contributed by atoms with van der Waals surface area (Å²) in [6.45, 7) is 4.44. The summed E-state index contributed by atoms with van der Waals surface area (Å²) >= 11 is 7.85. The number of hydrogen-bond acceptors (Lipinski definition) is 2. The van der Waals surface area contributed by atoms with Crippen LogP contribution in [-0.2, 0) is 6.42 Å². The van der Waals surface area contributed by atoms with E-state index < -0.39 is 0 Å². The van der Waals surface area contributed by atoms with Gasteiger partial charge in [0.25, 0.3) is 0 Å². The minimum absolute atomic E-state index is 0.148. The molecule has 0 aliphatic rings. The van der Waals surface area contributed by atoms with Crippen LogP contribution in [0.1, 0.15) is 19.4 Å². The lowest BCUT2D eigenvalue weighted by Gasteiger charge is -2.11. The highest BCUT2D eigenvalue weighted by atomic mass is 35.5. The zero-order valence-electron chi connectivity index (χ0n) is 8.46. The summed E-state index contributed by atoms with van der Waals surface area (Å²) in [6.07, 6.45) is 0.634. The number of hydrogen-bond donors (Lipinski definition) is 1. The van der Waals surface area contributed by atoms with Gasteiger partial charge in [0.2, 0.25) is 0 Å². The van der Waals surface area contributed by atoms with Gasteiger partial charge in [-0.15, -0.1) is 11.8 Å². The van der Waals surface area contributed by atoms with Crippen molar-refractivity contribution >= 4 is 23.4 Å². The molecule has 0 aliphatic heterocycles. The van der Waals surface area contributed by atoms with E-state index in [0.717, 1.165) is 10.6 Å². The fraction of sp³-hybridized carbons (Fsp3) is 0.455.